The number of nitrogen functional groups attached to an aromatic ring is 1. The Morgan fingerprint density at radius 3 is 2.54 bits per heavy atom. The van der Waals surface area contributed by atoms with E-state index in [-0.39, 0.29) is 5.56 Å². The summed E-state index contributed by atoms with van der Waals surface area (Å²) in [4.78, 5) is 15.9. The number of anilines is 1. The van der Waals surface area contributed by atoms with E-state index >= 15 is 0 Å². The number of hydrogen-bond acceptors (Lipinski definition) is 5. The van der Waals surface area contributed by atoms with Crippen LogP contribution in [0.3, 0.4) is 0 Å². The van der Waals surface area contributed by atoms with Crippen molar-refractivity contribution in [2.45, 2.75) is 6.92 Å². The third kappa shape index (κ3) is 2.81. The number of ether oxygens (including phenoxy) is 2. The van der Waals surface area contributed by atoms with Gasteiger partial charge < -0.3 is 20.9 Å². The van der Waals surface area contributed by atoms with Gasteiger partial charge in [0, 0.05) is 23.3 Å². The second kappa shape index (κ2) is 6.08. The van der Waals surface area contributed by atoms with Crippen LogP contribution in [0.2, 0.25) is 0 Å². The molecule has 2 aromatic carbocycles. The summed E-state index contributed by atoms with van der Waals surface area (Å²) in [5, 5.41) is 0.670. The molecule has 0 unspecified atom stereocenters. The number of aryl methyl sites for hydroxylation is 1. The van der Waals surface area contributed by atoms with Gasteiger partial charge in [-0.05, 0) is 42.8 Å². The molecule has 0 spiro atoms. The lowest BCUT2D eigenvalue weighted by molar-refractivity contribution is 0.0997. The molecule has 1 heterocycles. The first-order valence-electron chi connectivity index (χ1n) is 7.30. The van der Waals surface area contributed by atoms with Crippen molar-refractivity contribution in [3.8, 4) is 17.2 Å². The van der Waals surface area contributed by atoms with Gasteiger partial charge in [0.25, 0.3) is 5.91 Å². The van der Waals surface area contributed by atoms with Gasteiger partial charge in [0.2, 0.25) is 0 Å². The largest absolute Gasteiger partial charge is 0.496 e. The predicted molar refractivity (Wildman–Crippen MR) is 92.5 cm³/mol. The van der Waals surface area contributed by atoms with Crippen molar-refractivity contribution in [1.29, 1.82) is 0 Å². The van der Waals surface area contributed by atoms with Crippen LogP contribution >= 0.6 is 0 Å². The molecule has 3 aromatic rings. The van der Waals surface area contributed by atoms with Crippen molar-refractivity contribution in [2.24, 2.45) is 5.73 Å². The van der Waals surface area contributed by atoms with Crippen LogP contribution in [0.15, 0.2) is 42.6 Å². The molecular weight excluding hydrogens is 306 g/mol. The highest BCUT2D eigenvalue weighted by atomic mass is 16.5. The average Bonchev–Trinajstić information content (AvgIpc) is 2.56. The number of primary amides is 1. The minimum atomic E-state index is -0.577. The van der Waals surface area contributed by atoms with Gasteiger partial charge in [-0.3, -0.25) is 9.78 Å². The Morgan fingerprint density at radius 2 is 1.88 bits per heavy atom. The maximum atomic E-state index is 11.7. The van der Waals surface area contributed by atoms with E-state index in [1.54, 1.807) is 36.5 Å². The number of benzene rings is 2. The number of carbonyl (C=O) groups is 1. The van der Waals surface area contributed by atoms with E-state index in [9.17, 15) is 4.79 Å². The molecule has 6 nitrogen and oxygen atoms in total. The molecule has 0 bridgehead atoms. The Balaban J connectivity index is 2.14. The third-order valence-electron chi connectivity index (χ3n) is 3.71. The zero-order valence-corrected chi connectivity index (χ0v) is 13.4. The first-order valence-corrected chi connectivity index (χ1v) is 7.30. The normalized spacial score (nSPS) is 10.6. The molecule has 24 heavy (non-hydrogen) atoms. The number of rotatable bonds is 4. The fourth-order valence-corrected chi connectivity index (χ4v) is 2.50. The molecule has 1 amide bonds. The zero-order valence-electron chi connectivity index (χ0n) is 13.4. The maximum absolute atomic E-state index is 11.7. The number of carbonyl (C=O) groups excluding carboxylic acids is 1. The number of fused-ring (bicyclic) bond motifs is 1. The van der Waals surface area contributed by atoms with Gasteiger partial charge in [-0.2, -0.15) is 0 Å². The summed E-state index contributed by atoms with van der Waals surface area (Å²) >= 11 is 0. The fourth-order valence-electron chi connectivity index (χ4n) is 2.50. The van der Waals surface area contributed by atoms with Gasteiger partial charge >= 0.3 is 0 Å². The van der Waals surface area contributed by atoms with Crippen molar-refractivity contribution in [3.05, 3.63) is 53.7 Å². The molecule has 0 atom stereocenters. The first-order chi connectivity index (χ1) is 11.5. The summed E-state index contributed by atoms with van der Waals surface area (Å²) < 4.78 is 11.2. The Bertz CT molecular complexity index is 938. The van der Waals surface area contributed by atoms with Crippen LogP contribution in [0.5, 0.6) is 17.2 Å². The van der Waals surface area contributed by atoms with E-state index in [4.69, 9.17) is 20.9 Å². The highest BCUT2D eigenvalue weighted by molar-refractivity contribution is 6.01. The first kappa shape index (κ1) is 15.6. The minimum absolute atomic E-state index is 0.275. The zero-order chi connectivity index (χ0) is 17.3. The predicted octanol–water partition coefficient (Wildman–Crippen LogP) is 3.03. The molecular formula is C18H17N3O3. The number of aromatic nitrogens is 1. The molecule has 6 heteroatoms. The van der Waals surface area contributed by atoms with Crippen LogP contribution in [-0.4, -0.2) is 18.0 Å². The molecule has 0 aliphatic heterocycles. The second-order valence-electron chi connectivity index (χ2n) is 5.37. The van der Waals surface area contributed by atoms with Gasteiger partial charge in [0.15, 0.2) is 0 Å². The molecule has 122 valence electrons. The Kier molecular flexibility index (Phi) is 3.95. The SMILES string of the molecule is COc1cc2nccc(Oc3ccc(N)cc3C)c2cc1C(N)=O. The van der Waals surface area contributed by atoms with E-state index in [0.29, 0.717) is 33.8 Å². The summed E-state index contributed by atoms with van der Waals surface area (Å²) in [5.41, 5.74) is 13.7. The second-order valence-corrected chi connectivity index (χ2v) is 5.37. The standard InChI is InChI=1S/C18H17N3O3/c1-10-7-11(19)3-4-15(10)24-16-5-6-21-14-9-17(23-2)13(18(20)22)8-12(14)16/h3-9H,19H2,1-2H3,(H2,20,22). The van der Waals surface area contributed by atoms with E-state index in [1.165, 1.54) is 7.11 Å². The highest BCUT2D eigenvalue weighted by Gasteiger charge is 2.14. The number of amides is 1. The third-order valence-corrected chi connectivity index (χ3v) is 3.71. The number of hydrogen-bond donors (Lipinski definition) is 2. The van der Waals surface area contributed by atoms with Crippen LogP contribution in [0, 0.1) is 6.92 Å². The van der Waals surface area contributed by atoms with E-state index in [1.807, 2.05) is 13.0 Å². The molecule has 4 N–H and O–H groups in total. The molecule has 1 aromatic heterocycles. The quantitative estimate of drug-likeness (QED) is 0.719. The molecule has 0 radical (unpaired) electrons. The maximum Gasteiger partial charge on any atom is 0.252 e. The number of methoxy groups -OCH3 is 1. The topological polar surface area (TPSA) is 100 Å². The minimum Gasteiger partial charge on any atom is -0.496 e. The fraction of sp³-hybridized carbons (Fsp3) is 0.111. The van der Waals surface area contributed by atoms with Gasteiger partial charge in [-0.15, -0.1) is 0 Å². The van der Waals surface area contributed by atoms with Crippen LogP contribution in [0.25, 0.3) is 10.9 Å². The Labute approximate surface area is 139 Å². The molecule has 0 aliphatic carbocycles. The molecule has 3 rings (SSSR count). The highest BCUT2D eigenvalue weighted by Crippen LogP contribution is 2.34. The lowest BCUT2D eigenvalue weighted by Gasteiger charge is -2.13. The van der Waals surface area contributed by atoms with Gasteiger partial charge in [-0.1, -0.05) is 0 Å². The van der Waals surface area contributed by atoms with Crippen molar-refractivity contribution in [2.75, 3.05) is 12.8 Å². The van der Waals surface area contributed by atoms with Gasteiger partial charge in [-0.25, -0.2) is 0 Å². The van der Waals surface area contributed by atoms with Crippen molar-refractivity contribution in [3.63, 3.8) is 0 Å². The summed E-state index contributed by atoms with van der Waals surface area (Å²) in [6.07, 6.45) is 1.63. The van der Waals surface area contributed by atoms with Crippen molar-refractivity contribution in [1.82, 2.24) is 4.98 Å². The van der Waals surface area contributed by atoms with E-state index < -0.39 is 5.91 Å². The van der Waals surface area contributed by atoms with Crippen LogP contribution in [-0.2, 0) is 0 Å². The average molecular weight is 323 g/mol. The summed E-state index contributed by atoms with van der Waals surface area (Å²) in [7, 11) is 1.48. The Hall–Kier alpha value is -3.28. The summed E-state index contributed by atoms with van der Waals surface area (Å²) in [5.74, 6) is 1.04. The number of nitrogens with zero attached hydrogens (tertiary/aromatic N) is 1. The smallest absolute Gasteiger partial charge is 0.252 e. The van der Waals surface area contributed by atoms with Gasteiger partial charge in [0.05, 0.1) is 18.2 Å². The molecule has 0 saturated carbocycles. The van der Waals surface area contributed by atoms with Crippen molar-refractivity contribution >= 4 is 22.5 Å². The van der Waals surface area contributed by atoms with Gasteiger partial charge in [0.1, 0.15) is 17.2 Å². The van der Waals surface area contributed by atoms with E-state index in [2.05, 4.69) is 4.98 Å². The lowest BCUT2D eigenvalue weighted by Crippen LogP contribution is -2.12. The summed E-state index contributed by atoms with van der Waals surface area (Å²) in [6.45, 7) is 1.91. The van der Waals surface area contributed by atoms with Crippen LogP contribution in [0.1, 0.15) is 15.9 Å². The Morgan fingerprint density at radius 1 is 1.08 bits per heavy atom. The molecule has 0 fully saturated rings. The van der Waals surface area contributed by atoms with Crippen LogP contribution in [0.4, 0.5) is 5.69 Å². The number of pyridine rings is 1. The monoisotopic (exact) mass is 323 g/mol. The molecule has 0 aliphatic rings. The molecule has 0 saturated heterocycles. The van der Waals surface area contributed by atoms with Crippen molar-refractivity contribution < 1.29 is 14.3 Å². The van der Waals surface area contributed by atoms with E-state index in [0.717, 1.165) is 5.56 Å². The van der Waals surface area contributed by atoms with Crippen LogP contribution < -0.4 is 20.9 Å². The summed E-state index contributed by atoms with van der Waals surface area (Å²) in [6, 6.07) is 10.4. The lowest BCUT2D eigenvalue weighted by atomic mass is 10.1. The number of nitrogens with two attached hydrogens (primary N) is 2.